The molecular weight excluding hydrogens is 352 g/mol. The van der Waals surface area contributed by atoms with Crippen LogP contribution in [0.5, 0.6) is 0 Å². The number of halogens is 1. The predicted octanol–water partition coefficient (Wildman–Crippen LogP) is 3.17. The van der Waals surface area contributed by atoms with Crippen molar-refractivity contribution < 1.29 is 17.4 Å². The summed E-state index contributed by atoms with van der Waals surface area (Å²) in [5.41, 5.74) is 3.33. The Hall–Kier alpha value is -2.09. The van der Waals surface area contributed by atoms with Gasteiger partial charge < -0.3 is 10.6 Å². The molecule has 2 aromatic rings. The Morgan fingerprint density at radius 2 is 1.83 bits per heavy atom. The molecule has 2 N–H and O–H groups in total. The van der Waals surface area contributed by atoms with Gasteiger partial charge in [0.15, 0.2) is 0 Å². The molecule has 1 amide bonds. The smallest absolute Gasteiger partial charge is 0.264 e. The molecule has 126 valence electrons. The molecule has 0 aliphatic carbocycles. The van der Waals surface area contributed by atoms with Crippen LogP contribution in [0.15, 0.2) is 36.4 Å². The summed E-state index contributed by atoms with van der Waals surface area (Å²) in [6.07, 6.45) is 1.42. The Labute approximate surface area is 144 Å². The normalized spacial score (nSPS) is 13.3. The van der Waals surface area contributed by atoms with Crippen molar-refractivity contribution in [3.8, 4) is 0 Å². The van der Waals surface area contributed by atoms with Gasteiger partial charge in [-0.3, -0.25) is 8.98 Å². The van der Waals surface area contributed by atoms with Gasteiger partial charge in [-0.1, -0.05) is 17.7 Å². The van der Waals surface area contributed by atoms with Gasteiger partial charge in [0, 0.05) is 5.02 Å². The van der Waals surface area contributed by atoms with Gasteiger partial charge in [-0.2, -0.15) is 8.42 Å². The van der Waals surface area contributed by atoms with Gasteiger partial charge in [-0.15, -0.1) is 0 Å². The number of benzene rings is 2. The van der Waals surface area contributed by atoms with Crippen molar-refractivity contribution in [1.29, 1.82) is 0 Å². The Kier molecular flexibility index (Phi) is 4.49. The van der Waals surface area contributed by atoms with E-state index in [1.165, 1.54) is 0 Å². The number of rotatable bonds is 4. The molecule has 8 heteroatoms. The number of nitrogens with one attached hydrogen (secondary N) is 2. The summed E-state index contributed by atoms with van der Waals surface area (Å²) in [5.74, 6) is -0.238. The Bertz CT molecular complexity index is 912. The summed E-state index contributed by atoms with van der Waals surface area (Å²) < 4.78 is 26.7. The van der Waals surface area contributed by atoms with Crippen LogP contribution in [-0.2, 0) is 20.7 Å². The minimum Gasteiger partial charge on any atom is -0.353 e. The Balaban J connectivity index is 1.84. The van der Waals surface area contributed by atoms with E-state index in [2.05, 4.69) is 10.6 Å². The number of carbonyl (C=O) groups excluding carboxylic acids is 1. The molecule has 1 heterocycles. The van der Waals surface area contributed by atoms with Crippen LogP contribution in [0.1, 0.15) is 15.9 Å². The molecule has 1 aliphatic heterocycles. The van der Waals surface area contributed by atoms with Gasteiger partial charge in [-0.05, 0) is 42.3 Å². The molecule has 0 unspecified atom stereocenters. The third-order valence-corrected chi connectivity index (χ3v) is 4.35. The first-order valence-corrected chi connectivity index (χ1v) is 9.36. The maximum Gasteiger partial charge on any atom is 0.264 e. The van der Waals surface area contributed by atoms with Gasteiger partial charge in [0.1, 0.15) is 0 Å². The second-order valence-corrected chi connectivity index (χ2v) is 7.51. The third-order valence-electron chi connectivity index (χ3n) is 3.52. The summed E-state index contributed by atoms with van der Waals surface area (Å²) in [4.78, 5) is 12.3. The number of amides is 1. The molecule has 2 aromatic carbocycles. The van der Waals surface area contributed by atoms with Crippen LogP contribution >= 0.6 is 11.6 Å². The van der Waals surface area contributed by atoms with Crippen molar-refractivity contribution >= 4 is 44.7 Å². The minimum atomic E-state index is -3.46. The number of hydrogen-bond acceptors (Lipinski definition) is 5. The van der Waals surface area contributed by atoms with Crippen molar-refractivity contribution in [3.05, 3.63) is 52.5 Å². The van der Waals surface area contributed by atoms with E-state index in [1.54, 1.807) is 24.3 Å². The first kappa shape index (κ1) is 16.8. The van der Waals surface area contributed by atoms with Crippen molar-refractivity contribution in [2.24, 2.45) is 0 Å². The largest absolute Gasteiger partial charge is 0.353 e. The second kappa shape index (κ2) is 6.43. The predicted molar refractivity (Wildman–Crippen MR) is 93.6 cm³/mol. The summed E-state index contributed by atoms with van der Waals surface area (Å²) in [6.45, 7) is 0.0504. The van der Waals surface area contributed by atoms with Crippen molar-refractivity contribution in [2.45, 2.75) is 6.42 Å². The van der Waals surface area contributed by atoms with Crippen LogP contribution < -0.4 is 10.6 Å². The van der Waals surface area contributed by atoms with Crippen LogP contribution in [0.4, 0.5) is 17.1 Å². The fourth-order valence-electron chi connectivity index (χ4n) is 2.42. The van der Waals surface area contributed by atoms with E-state index in [9.17, 15) is 13.2 Å². The number of fused-ring (bicyclic) bond motifs is 2. The minimum absolute atomic E-state index is 0.0504. The number of carbonyl (C=O) groups is 1. The van der Waals surface area contributed by atoms with E-state index >= 15 is 0 Å². The molecule has 0 saturated carbocycles. The van der Waals surface area contributed by atoms with E-state index in [1.807, 2.05) is 12.1 Å². The monoisotopic (exact) mass is 366 g/mol. The molecule has 1 aliphatic rings. The zero-order valence-electron chi connectivity index (χ0n) is 12.8. The third kappa shape index (κ3) is 3.87. The van der Waals surface area contributed by atoms with Gasteiger partial charge in [0.05, 0.1) is 35.5 Å². The molecule has 3 rings (SSSR count). The molecular formula is C16H15ClN2O4S. The highest BCUT2D eigenvalue weighted by atomic mass is 35.5. The number of hydrogen-bond donors (Lipinski definition) is 2. The van der Waals surface area contributed by atoms with E-state index in [4.69, 9.17) is 15.8 Å². The molecule has 0 spiro atoms. The second-order valence-electron chi connectivity index (χ2n) is 5.43. The van der Waals surface area contributed by atoms with Gasteiger partial charge in [-0.25, -0.2) is 0 Å². The van der Waals surface area contributed by atoms with Gasteiger partial charge >= 0.3 is 0 Å². The van der Waals surface area contributed by atoms with Crippen LogP contribution in [-0.4, -0.2) is 27.2 Å². The topological polar surface area (TPSA) is 84.5 Å². The van der Waals surface area contributed by atoms with Crippen molar-refractivity contribution in [3.63, 3.8) is 0 Å². The van der Waals surface area contributed by atoms with Crippen LogP contribution in [0.3, 0.4) is 0 Å². The zero-order valence-corrected chi connectivity index (χ0v) is 14.4. The highest BCUT2D eigenvalue weighted by Crippen LogP contribution is 2.34. The van der Waals surface area contributed by atoms with Crippen LogP contribution in [0.25, 0.3) is 0 Å². The van der Waals surface area contributed by atoms with E-state index in [0.29, 0.717) is 28.4 Å². The fourth-order valence-corrected chi connectivity index (χ4v) is 2.98. The Morgan fingerprint density at radius 3 is 2.58 bits per heavy atom. The average molecular weight is 367 g/mol. The summed E-state index contributed by atoms with van der Waals surface area (Å²) in [7, 11) is -3.46. The molecule has 0 bridgehead atoms. The van der Waals surface area contributed by atoms with Crippen LogP contribution in [0, 0.1) is 0 Å². The molecule has 0 atom stereocenters. The lowest BCUT2D eigenvalue weighted by atomic mass is 10.1. The molecule has 0 radical (unpaired) electrons. The standard InChI is InChI=1S/C16H15ClN2O4S/c1-24(21,22)23-7-6-10-2-5-13-15(8-10)19-16(20)12-4-3-11(17)9-14(12)18-13/h2-5,8-9,18H,6-7H2,1H3,(H,19,20). The summed E-state index contributed by atoms with van der Waals surface area (Å²) >= 11 is 5.99. The summed E-state index contributed by atoms with van der Waals surface area (Å²) in [5, 5.41) is 6.56. The lowest BCUT2D eigenvalue weighted by molar-refractivity contribution is 0.102. The Morgan fingerprint density at radius 1 is 1.04 bits per heavy atom. The molecule has 0 fully saturated rings. The van der Waals surface area contributed by atoms with Gasteiger partial charge in [0.2, 0.25) is 0 Å². The molecule has 6 nitrogen and oxygen atoms in total. The highest BCUT2D eigenvalue weighted by molar-refractivity contribution is 7.85. The van der Waals surface area contributed by atoms with Crippen LogP contribution in [0.2, 0.25) is 5.02 Å². The lowest BCUT2D eigenvalue weighted by Crippen LogP contribution is -2.11. The van der Waals surface area contributed by atoms with E-state index < -0.39 is 10.1 Å². The fraction of sp³-hybridized carbons (Fsp3) is 0.188. The molecule has 0 aromatic heterocycles. The maximum atomic E-state index is 12.3. The maximum absolute atomic E-state index is 12.3. The first-order chi connectivity index (χ1) is 11.3. The lowest BCUT2D eigenvalue weighted by Gasteiger charge is -2.11. The quantitative estimate of drug-likeness (QED) is 0.812. The average Bonchev–Trinajstić information content (AvgIpc) is 2.61. The summed E-state index contributed by atoms with van der Waals surface area (Å²) in [6, 6.07) is 10.5. The molecule has 0 saturated heterocycles. The molecule has 24 heavy (non-hydrogen) atoms. The van der Waals surface area contributed by atoms with Crippen molar-refractivity contribution in [1.82, 2.24) is 0 Å². The van der Waals surface area contributed by atoms with Gasteiger partial charge in [0.25, 0.3) is 16.0 Å². The zero-order chi connectivity index (χ0) is 17.3. The highest BCUT2D eigenvalue weighted by Gasteiger charge is 2.19. The first-order valence-electron chi connectivity index (χ1n) is 7.17. The SMILES string of the molecule is CS(=O)(=O)OCCc1ccc2c(c1)NC(=O)c1ccc(Cl)cc1N2. The van der Waals surface area contributed by atoms with E-state index in [-0.39, 0.29) is 12.5 Å². The number of anilines is 3. The van der Waals surface area contributed by atoms with E-state index in [0.717, 1.165) is 17.5 Å². The van der Waals surface area contributed by atoms with Crippen molar-refractivity contribution in [2.75, 3.05) is 23.5 Å².